The fourth-order valence-electron chi connectivity index (χ4n) is 1.05. The molecule has 0 amide bonds. The van der Waals surface area contributed by atoms with Crippen LogP contribution in [0.5, 0.6) is 5.75 Å². The van der Waals surface area contributed by atoms with Crippen LogP contribution in [0.2, 0.25) is 0 Å². The molecule has 1 N–H and O–H groups in total. The van der Waals surface area contributed by atoms with Gasteiger partial charge in [-0.05, 0) is 33.6 Å². The Labute approximate surface area is 95.9 Å². The standard InChI is InChI=1S/C10H11BrO4/c1-14-9-4-7(2-3-8(9)11)5-15-6-10(12)13/h2-4H,5-6H2,1H3,(H,12,13). The minimum absolute atomic E-state index is 0.260. The number of carboxylic acids is 1. The zero-order chi connectivity index (χ0) is 11.3. The third-order valence-corrected chi connectivity index (χ3v) is 2.36. The van der Waals surface area contributed by atoms with Crippen LogP contribution in [-0.2, 0) is 16.1 Å². The summed E-state index contributed by atoms with van der Waals surface area (Å²) in [5, 5.41) is 8.38. The first-order valence-electron chi connectivity index (χ1n) is 4.25. The second-order valence-corrected chi connectivity index (χ2v) is 3.71. The molecule has 0 saturated heterocycles. The van der Waals surface area contributed by atoms with Crippen LogP contribution in [-0.4, -0.2) is 24.8 Å². The summed E-state index contributed by atoms with van der Waals surface area (Å²) in [6.07, 6.45) is 0. The van der Waals surface area contributed by atoms with E-state index in [-0.39, 0.29) is 13.2 Å². The normalized spacial score (nSPS) is 10.0. The molecule has 0 heterocycles. The van der Waals surface area contributed by atoms with E-state index in [4.69, 9.17) is 14.6 Å². The lowest BCUT2D eigenvalue weighted by atomic mass is 10.2. The van der Waals surface area contributed by atoms with Crippen molar-refractivity contribution >= 4 is 21.9 Å². The van der Waals surface area contributed by atoms with Crippen LogP contribution in [0.1, 0.15) is 5.56 Å². The second kappa shape index (κ2) is 5.72. The van der Waals surface area contributed by atoms with E-state index in [2.05, 4.69) is 15.9 Å². The molecule has 0 aliphatic rings. The molecule has 1 aromatic rings. The van der Waals surface area contributed by atoms with E-state index in [0.717, 1.165) is 10.0 Å². The summed E-state index contributed by atoms with van der Waals surface area (Å²) in [7, 11) is 1.57. The van der Waals surface area contributed by atoms with Crippen molar-refractivity contribution in [3.8, 4) is 5.75 Å². The molecule has 0 spiro atoms. The number of methoxy groups -OCH3 is 1. The topological polar surface area (TPSA) is 55.8 Å². The Bertz CT molecular complexity index is 351. The molecule has 0 unspecified atom stereocenters. The van der Waals surface area contributed by atoms with Crippen LogP contribution >= 0.6 is 15.9 Å². The molecule has 15 heavy (non-hydrogen) atoms. The smallest absolute Gasteiger partial charge is 0.329 e. The van der Waals surface area contributed by atoms with Crippen LogP contribution in [0.25, 0.3) is 0 Å². The number of halogens is 1. The first kappa shape index (κ1) is 12.0. The molecule has 0 bridgehead atoms. The van der Waals surface area contributed by atoms with Crippen molar-refractivity contribution in [1.82, 2.24) is 0 Å². The number of aliphatic carboxylic acids is 1. The Morgan fingerprint density at radius 2 is 2.27 bits per heavy atom. The van der Waals surface area contributed by atoms with Crippen molar-refractivity contribution < 1.29 is 19.4 Å². The molecule has 5 heteroatoms. The van der Waals surface area contributed by atoms with Gasteiger partial charge in [0.05, 0.1) is 18.2 Å². The molecular weight excluding hydrogens is 264 g/mol. The van der Waals surface area contributed by atoms with Crippen LogP contribution in [0.3, 0.4) is 0 Å². The number of benzene rings is 1. The highest BCUT2D eigenvalue weighted by atomic mass is 79.9. The molecule has 0 fully saturated rings. The highest BCUT2D eigenvalue weighted by molar-refractivity contribution is 9.10. The van der Waals surface area contributed by atoms with Gasteiger partial charge >= 0.3 is 5.97 Å². The zero-order valence-electron chi connectivity index (χ0n) is 8.20. The van der Waals surface area contributed by atoms with E-state index in [9.17, 15) is 4.79 Å². The Balaban J connectivity index is 2.58. The fourth-order valence-corrected chi connectivity index (χ4v) is 1.46. The molecule has 0 radical (unpaired) electrons. The van der Waals surface area contributed by atoms with Gasteiger partial charge in [-0.1, -0.05) is 6.07 Å². The van der Waals surface area contributed by atoms with Crippen LogP contribution in [0.4, 0.5) is 0 Å². The van der Waals surface area contributed by atoms with Crippen molar-refractivity contribution in [3.63, 3.8) is 0 Å². The maximum atomic E-state index is 10.2. The summed E-state index contributed by atoms with van der Waals surface area (Å²) in [6, 6.07) is 5.47. The lowest BCUT2D eigenvalue weighted by Crippen LogP contribution is -2.06. The van der Waals surface area contributed by atoms with Gasteiger partial charge < -0.3 is 14.6 Å². The first-order chi connectivity index (χ1) is 7.13. The van der Waals surface area contributed by atoms with Gasteiger partial charge in [0.2, 0.25) is 0 Å². The molecule has 0 aliphatic carbocycles. The van der Waals surface area contributed by atoms with Gasteiger partial charge in [0.25, 0.3) is 0 Å². The summed E-state index contributed by atoms with van der Waals surface area (Å²) >= 11 is 3.32. The van der Waals surface area contributed by atoms with E-state index < -0.39 is 5.97 Å². The molecule has 1 rings (SSSR count). The molecule has 4 nitrogen and oxygen atoms in total. The van der Waals surface area contributed by atoms with Crippen LogP contribution in [0.15, 0.2) is 22.7 Å². The molecule has 82 valence electrons. The number of carboxylic acid groups (broad SMARTS) is 1. The second-order valence-electron chi connectivity index (χ2n) is 2.86. The van der Waals surface area contributed by atoms with Gasteiger partial charge in [-0.25, -0.2) is 4.79 Å². The molecule has 0 aromatic heterocycles. The third-order valence-electron chi connectivity index (χ3n) is 1.71. The number of hydrogen-bond acceptors (Lipinski definition) is 3. The quantitative estimate of drug-likeness (QED) is 0.893. The molecule has 0 saturated carbocycles. The van der Waals surface area contributed by atoms with E-state index in [1.54, 1.807) is 13.2 Å². The average molecular weight is 275 g/mol. The van der Waals surface area contributed by atoms with Crippen molar-refractivity contribution in [2.24, 2.45) is 0 Å². The van der Waals surface area contributed by atoms with E-state index >= 15 is 0 Å². The minimum Gasteiger partial charge on any atom is -0.496 e. The van der Waals surface area contributed by atoms with Crippen molar-refractivity contribution in [3.05, 3.63) is 28.2 Å². The van der Waals surface area contributed by atoms with E-state index in [1.807, 2.05) is 12.1 Å². The predicted molar refractivity (Wildman–Crippen MR) is 58.0 cm³/mol. The summed E-state index contributed by atoms with van der Waals surface area (Å²) in [4.78, 5) is 10.2. The van der Waals surface area contributed by atoms with Gasteiger partial charge in [0.1, 0.15) is 12.4 Å². The highest BCUT2D eigenvalue weighted by Crippen LogP contribution is 2.25. The molecule has 0 atom stereocenters. The minimum atomic E-state index is -0.973. The van der Waals surface area contributed by atoms with Gasteiger partial charge in [-0.2, -0.15) is 0 Å². The third kappa shape index (κ3) is 3.89. The van der Waals surface area contributed by atoms with E-state index in [0.29, 0.717) is 5.75 Å². The SMILES string of the molecule is COc1cc(COCC(=O)O)ccc1Br. The number of ether oxygens (including phenoxy) is 2. The monoisotopic (exact) mass is 274 g/mol. The molecule has 0 aliphatic heterocycles. The Morgan fingerprint density at radius 3 is 2.87 bits per heavy atom. The van der Waals surface area contributed by atoms with Gasteiger partial charge in [0, 0.05) is 0 Å². The lowest BCUT2D eigenvalue weighted by molar-refractivity contribution is -0.142. The Hall–Kier alpha value is -1.07. The largest absolute Gasteiger partial charge is 0.496 e. The van der Waals surface area contributed by atoms with Crippen molar-refractivity contribution in [2.45, 2.75) is 6.61 Å². The first-order valence-corrected chi connectivity index (χ1v) is 5.04. The summed E-state index contributed by atoms with van der Waals surface area (Å²) in [6.45, 7) is -0.0334. The summed E-state index contributed by atoms with van der Waals surface area (Å²) in [5.74, 6) is -0.273. The summed E-state index contributed by atoms with van der Waals surface area (Å²) < 4.78 is 10.9. The zero-order valence-corrected chi connectivity index (χ0v) is 9.78. The summed E-state index contributed by atoms with van der Waals surface area (Å²) in [5.41, 5.74) is 0.872. The Morgan fingerprint density at radius 1 is 1.53 bits per heavy atom. The lowest BCUT2D eigenvalue weighted by Gasteiger charge is -2.06. The van der Waals surface area contributed by atoms with Crippen molar-refractivity contribution in [2.75, 3.05) is 13.7 Å². The van der Waals surface area contributed by atoms with Crippen molar-refractivity contribution in [1.29, 1.82) is 0 Å². The fraction of sp³-hybridized carbons (Fsp3) is 0.300. The molecular formula is C10H11BrO4. The van der Waals surface area contributed by atoms with Crippen LogP contribution in [0, 0.1) is 0 Å². The number of carbonyl (C=O) groups is 1. The average Bonchev–Trinajstić information content (AvgIpc) is 2.20. The maximum Gasteiger partial charge on any atom is 0.329 e. The van der Waals surface area contributed by atoms with Gasteiger partial charge in [0.15, 0.2) is 0 Å². The Kier molecular flexibility index (Phi) is 4.58. The van der Waals surface area contributed by atoms with Crippen LogP contribution < -0.4 is 4.74 Å². The molecule has 1 aromatic carbocycles. The predicted octanol–water partition coefficient (Wildman–Crippen LogP) is 2.06. The number of rotatable bonds is 5. The highest BCUT2D eigenvalue weighted by Gasteiger charge is 2.02. The maximum absolute atomic E-state index is 10.2. The van der Waals surface area contributed by atoms with E-state index in [1.165, 1.54) is 0 Å². The van der Waals surface area contributed by atoms with Gasteiger partial charge in [-0.3, -0.25) is 0 Å². The van der Waals surface area contributed by atoms with Gasteiger partial charge in [-0.15, -0.1) is 0 Å². The number of hydrogen-bond donors (Lipinski definition) is 1.